The topological polar surface area (TPSA) is 78.9 Å². The number of ether oxygens (including phenoxy) is 3. The fourth-order valence-corrected chi connectivity index (χ4v) is 9.99. The van der Waals surface area contributed by atoms with Gasteiger partial charge < -0.3 is 14.2 Å². The van der Waals surface area contributed by atoms with Gasteiger partial charge in [-0.25, -0.2) is 0 Å². The van der Waals surface area contributed by atoms with Crippen molar-refractivity contribution < 1.29 is 28.6 Å². The van der Waals surface area contributed by atoms with E-state index >= 15 is 0 Å². The summed E-state index contributed by atoms with van der Waals surface area (Å²) < 4.78 is 17.0. The lowest BCUT2D eigenvalue weighted by Gasteiger charge is -2.18. The molecule has 0 bridgehead atoms. The van der Waals surface area contributed by atoms with Crippen LogP contribution in [0.5, 0.6) is 0 Å². The zero-order valence-electron chi connectivity index (χ0n) is 48.0. The summed E-state index contributed by atoms with van der Waals surface area (Å²) in [7, 11) is 0. The molecule has 0 aromatic rings. The molecule has 0 spiro atoms. The first-order chi connectivity index (χ1) is 34.4. The Morgan fingerprint density at radius 3 is 0.700 bits per heavy atom. The quantitative estimate of drug-likeness (QED) is 0.0343. The zero-order chi connectivity index (χ0) is 50.9. The van der Waals surface area contributed by atoms with Gasteiger partial charge in [0.1, 0.15) is 13.2 Å². The molecule has 0 radical (unpaired) electrons. The SMILES string of the molecule is CCCCCCCCCCCCCCCCCCCCCC(=O)OC[C@@H](COC(=O)CCCCCCCCCCCCCC(C)C)OC(=O)CCCCCCCCCCCCCCCCCCCCC. The van der Waals surface area contributed by atoms with E-state index in [-0.39, 0.29) is 31.1 Å². The van der Waals surface area contributed by atoms with Crippen LogP contribution in [0.1, 0.15) is 368 Å². The van der Waals surface area contributed by atoms with Crippen LogP contribution in [0.2, 0.25) is 0 Å². The monoisotopic (exact) mass is 989 g/mol. The smallest absolute Gasteiger partial charge is 0.306 e. The van der Waals surface area contributed by atoms with Crippen LogP contribution in [0.15, 0.2) is 0 Å². The van der Waals surface area contributed by atoms with Gasteiger partial charge in [-0.1, -0.05) is 329 Å². The molecule has 70 heavy (non-hydrogen) atoms. The average molecular weight is 990 g/mol. The Morgan fingerprint density at radius 2 is 0.471 bits per heavy atom. The minimum atomic E-state index is -0.763. The summed E-state index contributed by atoms with van der Waals surface area (Å²) in [4.78, 5) is 38.3. The number of esters is 3. The van der Waals surface area contributed by atoms with E-state index in [2.05, 4.69) is 27.7 Å². The molecule has 0 saturated heterocycles. The van der Waals surface area contributed by atoms with Gasteiger partial charge in [-0.05, 0) is 25.2 Å². The molecule has 0 rings (SSSR count). The molecular weight excluding hydrogens is 865 g/mol. The molecule has 0 unspecified atom stereocenters. The van der Waals surface area contributed by atoms with Crippen LogP contribution < -0.4 is 0 Å². The van der Waals surface area contributed by atoms with Gasteiger partial charge >= 0.3 is 17.9 Å². The number of unbranched alkanes of at least 4 members (excludes halogenated alkanes) is 46. The Labute approximate surface area is 438 Å². The van der Waals surface area contributed by atoms with Crippen molar-refractivity contribution in [1.29, 1.82) is 0 Å². The second-order valence-electron chi connectivity index (χ2n) is 22.5. The van der Waals surface area contributed by atoms with Crippen LogP contribution >= 0.6 is 0 Å². The highest BCUT2D eigenvalue weighted by molar-refractivity contribution is 5.71. The molecular formula is C64H124O6. The van der Waals surface area contributed by atoms with Gasteiger partial charge in [0.05, 0.1) is 0 Å². The van der Waals surface area contributed by atoms with Gasteiger partial charge in [-0.3, -0.25) is 14.4 Å². The molecule has 0 N–H and O–H groups in total. The van der Waals surface area contributed by atoms with Gasteiger partial charge in [0, 0.05) is 19.3 Å². The van der Waals surface area contributed by atoms with Crippen molar-refractivity contribution >= 4 is 17.9 Å². The molecule has 6 nitrogen and oxygen atoms in total. The van der Waals surface area contributed by atoms with Crippen LogP contribution in [0.4, 0.5) is 0 Å². The molecule has 0 saturated carbocycles. The first kappa shape index (κ1) is 68.4. The molecule has 0 aliphatic heterocycles. The largest absolute Gasteiger partial charge is 0.462 e. The lowest BCUT2D eigenvalue weighted by molar-refractivity contribution is -0.167. The summed E-state index contributed by atoms with van der Waals surface area (Å²) in [6.07, 6.45) is 65.4. The maximum absolute atomic E-state index is 12.9. The summed E-state index contributed by atoms with van der Waals surface area (Å²) in [6, 6.07) is 0. The standard InChI is InChI=1S/C64H124O6/c1-5-7-9-11-13-15-17-19-21-23-25-27-29-31-35-39-43-47-51-55-62(65)68-58-61(59-69-63(66)56-52-48-44-40-37-33-34-38-42-46-50-54-60(3)4)70-64(67)57-53-49-45-41-36-32-30-28-26-24-22-20-18-16-14-12-10-8-6-2/h60-61H,5-59H2,1-4H3/t61-/m0/s1. The first-order valence-electron chi connectivity index (χ1n) is 31.9. The minimum Gasteiger partial charge on any atom is -0.462 e. The minimum absolute atomic E-state index is 0.0614. The van der Waals surface area contributed by atoms with E-state index in [1.54, 1.807) is 0 Å². The molecule has 0 fully saturated rings. The molecule has 0 aromatic carbocycles. The molecule has 1 atom stereocenters. The van der Waals surface area contributed by atoms with E-state index in [9.17, 15) is 14.4 Å². The van der Waals surface area contributed by atoms with E-state index in [4.69, 9.17) is 14.2 Å². The van der Waals surface area contributed by atoms with Gasteiger partial charge in [0.15, 0.2) is 6.10 Å². The van der Waals surface area contributed by atoms with E-state index < -0.39 is 6.10 Å². The summed E-state index contributed by atoms with van der Waals surface area (Å²) in [5.74, 6) is -0.00250. The summed E-state index contributed by atoms with van der Waals surface area (Å²) in [5.41, 5.74) is 0. The highest BCUT2D eigenvalue weighted by Gasteiger charge is 2.19. The normalized spacial score (nSPS) is 12.0. The van der Waals surface area contributed by atoms with Crippen molar-refractivity contribution in [2.45, 2.75) is 374 Å². The fourth-order valence-electron chi connectivity index (χ4n) is 9.99. The van der Waals surface area contributed by atoms with Crippen LogP contribution in [-0.4, -0.2) is 37.2 Å². The Hall–Kier alpha value is -1.59. The van der Waals surface area contributed by atoms with Crippen LogP contribution in [0, 0.1) is 5.92 Å². The highest BCUT2D eigenvalue weighted by Crippen LogP contribution is 2.19. The third-order valence-electron chi connectivity index (χ3n) is 14.8. The van der Waals surface area contributed by atoms with Crippen LogP contribution in [0.25, 0.3) is 0 Å². The average Bonchev–Trinajstić information content (AvgIpc) is 3.35. The fraction of sp³-hybridized carbons (Fsp3) is 0.953. The summed E-state index contributed by atoms with van der Waals surface area (Å²) >= 11 is 0. The van der Waals surface area contributed by atoms with Gasteiger partial charge in [-0.15, -0.1) is 0 Å². The maximum Gasteiger partial charge on any atom is 0.306 e. The number of rotatable bonds is 59. The number of carbonyl (C=O) groups excluding carboxylic acids is 3. The number of carbonyl (C=O) groups is 3. The molecule has 6 heteroatoms. The van der Waals surface area contributed by atoms with Crippen LogP contribution in [-0.2, 0) is 28.6 Å². The lowest BCUT2D eigenvalue weighted by atomic mass is 10.0. The van der Waals surface area contributed by atoms with E-state index in [1.807, 2.05) is 0 Å². The Balaban J connectivity index is 4.27. The number of hydrogen-bond acceptors (Lipinski definition) is 6. The summed E-state index contributed by atoms with van der Waals surface area (Å²) in [5, 5.41) is 0. The van der Waals surface area contributed by atoms with Gasteiger partial charge in [0.25, 0.3) is 0 Å². The Morgan fingerprint density at radius 1 is 0.271 bits per heavy atom. The maximum atomic E-state index is 12.9. The van der Waals surface area contributed by atoms with Crippen molar-refractivity contribution in [1.82, 2.24) is 0 Å². The second-order valence-corrected chi connectivity index (χ2v) is 22.5. The summed E-state index contributed by atoms with van der Waals surface area (Å²) in [6.45, 7) is 9.08. The predicted molar refractivity (Wildman–Crippen MR) is 303 cm³/mol. The predicted octanol–water partition coefficient (Wildman–Crippen LogP) is 21.4. The molecule has 0 amide bonds. The van der Waals surface area contributed by atoms with Crippen molar-refractivity contribution in [2.24, 2.45) is 5.92 Å². The first-order valence-corrected chi connectivity index (χ1v) is 31.9. The van der Waals surface area contributed by atoms with Gasteiger partial charge in [-0.2, -0.15) is 0 Å². The van der Waals surface area contributed by atoms with Crippen molar-refractivity contribution in [2.75, 3.05) is 13.2 Å². The van der Waals surface area contributed by atoms with Crippen molar-refractivity contribution in [3.63, 3.8) is 0 Å². The molecule has 416 valence electrons. The zero-order valence-corrected chi connectivity index (χ0v) is 48.0. The molecule has 0 aromatic heterocycles. The molecule has 0 aliphatic rings. The van der Waals surface area contributed by atoms with Crippen molar-refractivity contribution in [3.05, 3.63) is 0 Å². The number of hydrogen-bond donors (Lipinski definition) is 0. The highest BCUT2D eigenvalue weighted by atomic mass is 16.6. The van der Waals surface area contributed by atoms with E-state index in [0.29, 0.717) is 19.3 Å². The van der Waals surface area contributed by atoms with E-state index in [1.165, 1.54) is 263 Å². The van der Waals surface area contributed by atoms with Crippen molar-refractivity contribution in [3.8, 4) is 0 Å². The molecule has 0 heterocycles. The Kier molecular flexibility index (Phi) is 57.0. The third-order valence-corrected chi connectivity index (χ3v) is 14.8. The lowest BCUT2D eigenvalue weighted by Crippen LogP contribution is -2.30. The van der Waals surface area contributed by atoms with Gasteiger partial charge in [0.2, 0.25) is 0 Å². The molecule has 0 aliphatic carbocycles. The third kappa shape index (κ3) is 57.3. The van der Waals surface area contributed by atoms with Crippen LogP contribution in [0.3, 0.4) is 0 Å². The second kappa shape index (κ2) is 58.3. The Bertz CT molecular complexity index is 1060. The van der Waals surface area contributed by atoms with E-state index in [0.717, 1.165) is 63.7 Å².